The fraction of sp³-hybridized carbons (Fsp3) is 0.400. The van der Waals surface area contributed by atoms with Crippen molar-refractivity contribution < 1.29 is 4.74 Å². The first-order valence-electron chi connectivity index (χ1n) is 11.4. The Hall–Kier alpha value is -2.82. The first-order chi connectivity index (χ1) is 16.0. The van der Waals surface area contributed by atoms with Gasteiger partial charge in [0.25, 0.3) is 0 Å². The van der Waals surface area contributed by atoms with E-state index >= 15 is 0 Å². The number of anilines is 1. The first-order valence-corrected chi connectivity index (χ1v) is 11.4. The summed E-state index contributed by atoms with van der Waals surface area (Å²) in [6, 6.07) is 17.1. The number of hydrogen-bond acceptors (Lipinski definition) is 5. The zero-order chi connectivity index (χ0) is 23.2. The summed E-state index contributed by atoms with van der Waals surface area (Å²) in [7, 11) is 3.65. The van der Waals surface area contributed by atoms with Gasteiger partial charge < -0.3 is 24.8 Å². The van der Waals surface area contributed by atoms with Crippen molar-refractivity contribution in [1.29, 1.82) is 0 Å². The third kappa shape index (κ3) is 6.62. The molecule has 3 aromatic rings. The molecule has 8 nitrogen and oxygen atoms in total. The van der Waals surface area contributed by atoms with Gasteiger partial charge in [0.15, 0.2) is 11.8 Å². The highest BCUT2D eigenvalue weighted by Gasteiger charge is 2.23. The number of ether oxygens (including phenoxy) is 1. The lowest BCUT2D eigenvalue weighted by molar-refractivity contribution is 0.414. The molecule has 1 unspecified atom stereocenters. The van der Waals surface area contributed by atoms with Gasteiger partial charge in [0, 0.05) is 31.9 Å². The molecule has 2 heterocycles. The second-order valence-electron chi connectivity index (χ2n) is 8.50. The highest BCUT2D eigenvalue weighted by molar-refractivity contribution is 14.0. The van der Waals surface area contributed by atoms with E-state index in [-0.39, 0.29) is 24.0 Å². The van der Waals surface area contributed by atoms with Crippen LogP contribution in [0.3, 0.4) is 0 Å². The molecule has 1 aliphatic rings. The zero-order valence-corrected chi connectivity index (χ0v) is 22.6. The Kier molecular flexibility index (Phi) is 9.14. The molecule has 182 valence electrons. The van der Waals surface area contributed by atoms with Gasteiger partial charge in [0.2, 0.25) is 0 Å². The summed E-state index contributed by atoms with van der Waals surface area (Å²) in [6.07, 6.45) is 1.06. The Bertz CT molecular complexity index is 1080. The highest BCUT2D eigenvalue weighted by Crippen LogP contribution is 2.21. The lowest BCUT2D eigenvalue weighted by Gasteiger charge is -2.21. The van der Waals surface area contributed by atoms with Gasteiger partial charge in [-0.1, -0.05) is 29.8 Å². The third-order valence-corrected chi connectivity index (χ3v) is 6.10. The molecule has 1 fully saturated rings. The molecule has 0 aliphatic carbocycles. The summed E-state index contributed by atoms with van der Waals surface area (Å²) >= 11 is 0. The molecule has 0 amide bonds. The molecule has 9 heteroatoms. The van der Waals surface area contributed by atoms with Crippen LogP contribution in [0.5, 0.6) is 5.75 Å². The number of guanidine groups is 1. The van der Waals surface area contributed by atoms with E-state index in [1.54, 1.807) is 7.11 Å². The van der Waals surface area contributed by atoms with Crippen molar-refractivity contribution in [2.45, 2.75) is 39.4 Å². The standard InChI is InChI=1S/C25H33N7O.HI/c1-18-5-9-22(10-6-18)32-14-13-21(17-32)28-25(27-16-24-30-29-19(2)31(24)3)26-15-20-7-11-23(33-4)12-8-20;/h5-12,21H,13-17H2,1-4H3,(H2,26,27,28);1H. The molecule has 1 aromatic heterocycles. The summed E-state index contributed by atoms with van der Waals surface area (Å²) in [4.78, 5) is 7.27. The van der Waals surface area contributed by atoms with Crippen molar-refractivity contribution in [3.8, 4) is 5.75 Å². The summed E-state index contributed by atoms with van der Waals surface area (Å²) in [5.74, 6) is 3.39. The SMILES string of the molecule is COc1ccc(CN=C(NCc2nnc(C)n2C)NC2CCN(c3ccc(C)cc3)C2)cc1.I. The van der Waals surface area contributed by atoms with Crippen molar-refractivity contribution in [2.75, 3.05) is 25.1 Å². The number of aliphatic imine (C=N–C) groups is 1. The minimum absolute atomic E-state index is 0. The van der Waals surface area contributed by atoms with Crippen LogP contribution in [-0.4, -0.2) is 47.0 Å². The lowest BCUT2D eigenvalue weighted by atomic mass is 10.2. The predicted octanol–water partition coefficient (Wildman–Crippen LogP) is 3.57. The highest BCUT2D eigenvalue weighted by atomic mass is 127. The molecule has 1 saturated heterocycles. The van der Waals surface area contributed by atoms with Crippen LogP contribution in [0.4, 0.5) is 5.69 Å². The van der Waals surface area contributed by atoms with Gasteiger partial charge in [-0.25, -0.2) is 4.99 Å². The van der Waals surface area contributed by atoms with Gasteiger partial charge in [0.05, 0.1) is 20.2 Å². The number of nitrogens with one attached hydrogen (secondary N) is 2. The average molecular weight is 575 g/mol. The number of aromatic nitrogens is 3. The summed E-state index contributed by atoms with van der Waals surface area (Å²) in [5.41, 5.74) is 3.67. The smallest absolute Gasteiger partial charge is 0.192 e. The molecule has 34 heavy (non-hydrogen) atoms. The predicted molar refractivity (Wildman–Crippen MR) is 147 cm³/mol. The maximum Gasteiger partial charge on any atom is 0.192 e. The van der Waals surface area contributed by atoms with Crippen LogP contribution in [0, 0.1) is 13.8 Å². The summed E-state index contributed by atoms with van der Waals surface area (Å²) in [6.45, 7) is 7.16. The van der Waals surface area contributed by atoms with Crippen LogP contribution in [0.2, 0.25) is 0 Å². The minimum Gasteiger partial charge on any atom is -0.497 e. The molecule has 0 spiro atoms. The van der Waals surface area contributed by atoms with Crippen LogP contribution in [0.1, 0.15) is 29.2 Å². The second-order valence-corrected chi connectivity index (χ2v) is 8.50. The van der Waals surface area contributed by atoms with E-state index in [1.807, 2.05) is 42.8 Å². The quantitative estimate of drug-likeness (QED) is 0.255. The van der Waals surface area contributed by atoms with Crippen LogP contribution in [-0.2, 0) is 20.1 Å². The molecule has 0 radical (unpaired) electrons. The van der Waals surface area contributed by atoms with Gasteiger partial charge in [-0.2, -0.15) is 0 Å². The van der Waals surface area contributed by atoms with Crippen molar-refractivity contribution >= 4 is 35.6 Å². The van der Waals surface area contributed by atoms with E-state index in [2.05, 4.69) is 56.9 Å². The number of hydrogen-bond donors (Lipinski definition) is 2. The van der Waals surface area contributed by atoms with Gasteiger partial charge in [-0.3, -0.25) is 0 Å². The first kappa shape index (κ1) is 25.8. The largest absolute Gasteiger partial charge is 0.497 e. The summed E-state index contributed by atoms with van der Waals surface area (Å²) in [5, 5.41) is 15.5. The second kappa shape index (κ2) is 12.0. The minimum atomic E-state index is 0. The molecule has 2 aromatic carbocycles. The van der Waals surface area contributed by atoms with Crippen molar-refractivity contribution in [3.05, 3.63) is 71.3 Å². The fourth-order valence-electron chi connectivity index (χ4n) is 3.88. The van der Waals surface area contributed by atoms with Crippen LogP contribution in [0.15, 0.2) is 53.5 Å². The maximum atomic E-state index is 5.26. The van der Waals surface area contributed by atoms with E-state index in [1.165, 1.54) is 11.3 Å². The molecule has 4 rings (SSSR count). The summed E-state index contributed by atoms with van der Waals surface area (Å²) < 4.78 is 7.25. The molecular formula is C25H34IN7O. The molecular weight excluding hydrogens is 541 g/mol. The number of aryl methyl sites for hydroxylation is 2. The Morgan fingerprint density at radius 2 is 1.82 bits per heavy atom. The third-order valence-electron chi connectivity index (χ3n) is 6.10. The van der Waals surface area contributed by atoms with Gasteiger partial charge in [-0.05, 0) is 50.1 Å². The van der Waals surface area contributed by atoms with Gasteiger partial charge in [0.1, 0.15) is 11.6 Å². The molecule has 0 saturated carbocycles. The van der Waals surface area contributed by atoms with E-state index in [4.69, 9.17) is 9.73 Å². The normalized spacial score (nSPS) is 15.7. The Morgan fingerprint density at radius 3 is 2.47 bits per heavy atom. The van der Waals surface area contributed by atoms with E-state index in [0.717, 1.165) is 48.4 Å². The monoisotopic (exact) mass is 575 g/mol. The zero-order valence-electron chi connectivity index (χ0n) is 20.3. The van der Waals surface area contributed by atoms with E-state index in [9.17, 15) is 0 Å². The molecule has 1 aliphatic heterocycles. The van der Waals surface area contributed by atoms with Crippen LogP contribution in [0.25, 0.3) is 0 Å². The number of methoxy groups -OCH3 is 1. The van der Waals surface area contributed by atoms with Crippen molar-refractivity contribution in [2.24, 2.45) is 12.0 Å². The maximum absolute atomic E-state index is 5.26. The van der Waals surface area contributed by atoms with E-state index < -0.39 is 0 Å². The lowest BCUT2D eigenvalue weighted by Crippen LogP contribution is -2.44. The van der Waals surface area contributed by atoms with Gasteiger partial charge in [-0.15, -0.1) is 34.2 Å². The van der Waals surface area contributed by atoms with Crippen molar-refractivity contribution in [1.82, 2.24) is 25.4 Å². The van der Waals surface area contributed by atoms with Crippen molar-refractivity contribution in [3.63, 3.8) is 0 Å². The molecule has 0 bridgehead atoms. The Morgan fingerprint density at radius 1 is 1.09 bits per heavy atom. The van der Waals surface area contributed by atoms with Crippen LogP contribution < -0.4 is 20.3 Å². The Labute approximate surface area is 218 Å². The number of rotatable bonds is 7. The van der Waals surface area contributed by atoms with Crippen LogP contribution >= 0.6 is 24.0 Å². The topological polar surface area (TPSA) is 79.6 Å². The molecule has 1 atom stereocenters. The fourth-order valence-corrected chi connectivity index (χ4v) is 3.88. The number of halogens is 1. The Balaban J connectivity index is 0.00000324. The molecule has 2 N–H and O–H groups in total. The number of nitrogens with zero attached hydrogens (tertiary/aromatic N) is 5. The number of benzene rings is 2. The van der Waals surface area contributed by atoms with E-state index in [0.29, 0.717) is 19.1 Å². The van der Waals surface area contributed by atoms with Gasteiger partial charge >= 0.3 is 0 Å². The average Bonchev–Trinajstić information content (AvgIpc) is 3.43.